The van der Waals surface area contributed by atoms with E-state index in [1.54, 1.807) is 0 Å². The Balaban J connectivity index is 0.00000277. The van der Waals surface area contributed by atoms with Crippen LogP contribution < -0.4 is 9.47 Å². The van der Waals surface area contributed by atoms with Gasteiger partial charge in [-0.2, -0.15) is 30.9 Å². The van der Waals surface area contributed by atoms with E-state index in [1.165, 1.54) is 46.8 Å². The van der Waals surface area contributed by atoms with Crippen LogP contribution in [0, 0.1) is 18.8 Å². The molecule has 7 rings (SSSR count). The van der Waals surface area contributed by atoms with Gasteiger partial charge in [-0.25, -0.2) is 4.57 Å². The average Bonchev–Trinajstić information content (AvgIpc) is 3.54. The summed E-state index contributed by atoms with van der Waals surface area (Å²) in [5.41, 5.74) is 7.00. The van der Waals surface area contributed by atoms with Gasteiger partial charge in [0.15, 0.2) is 11.9 Å². The fourth-order valence-corrected chi connectivity index (χ4v) is 6.58. The number of hydrogen-bond acceptors (Lipinski definition) is 2. The Labute approximate surface area is 244 Å². The minimum atomic E-state index is -0.0300. The number of rotatable bonds is 4. The van der Waals surface area contributed by atoms with Crippen LogP contribution in [0.1, 0.15) is 43.4 Å². The number of fused-ring (bicyclic) bond motifs is 3. The smallest absolute Gasteiger partial charge is 0.189 e. The molecule has 0 bridgehead atoms. The SMILES string of the molecule is CN1C=CN(c2[c-]c3c(cc2)c2ccccc2n3-c2[c-]c(C3(c4cccc[n+]4C)CCCCC3)ccc2)[CH-]1.[Pd]. The van der Waals surface area contributed by atoms with Crippen LogP contribution in [0.2, 0.25) is 0 Å². The van der Waals surface area contributed by atoms with Gasteiger partial charge >= 0.3 is 0 Å². The minimum Gasteiger partial charge on any atom is -0.510 e. The van der Waals surface area contributed by atoms with Crippen molar-refractivity contribution in [3.8, 4) is 5.69 Å². The zero-order valence-corrected chi connectivity index (χ0v) is 23.9. The summed E-state index contributed by atoms with van der Waals surface area (Å²) >= 11 is 0. The Kier molecular flexibility index (Phi) is 6.83. The molecule has 3 aromatic carbocycles. The van der Waals surface area contributed by atoms with Gasteiger partial charge in [0.1, 0.15) is 7.05 Å². The van der Waals surface area contributed by atoms with Crippen molar-refractivity contribution in [1.29, 1.82) is 0 Å². The van der Waals surface area contributed by atoms with Crippen molar-refractivity contribution in [2.24, 2.45) is 7.05 Å². The summed E-state index contributed by atoms with van der Waals surface area (Å²) in [6, 6.07) is 34.1. The van der Waals surface area contributed by atoms with Gasteiger partial charge in [0.05, 0.1) is 5.41 Å². The Hall–Kier alpha value is -3.39. The largest absolute Gasteiger partial charge is 0.510 e. The second kappa shape index (κ2) is 10.3. The van der Waals surface area contributed by atoms with Crippen molar-refractivity contribution in [2.45, 2.75) is 37.5 Å². The van der Waals surface area contributed by atoms with Gasteiger partial charge in [0.2, 0.25) is 0 Å². The number of para-hydroxylation sites is 1. The normalized spacial score (nSPS) is 16.7. The molecule has 5 aromatic rings. The molecule has 3 heterocycles. The third-order valence-corrected chi connectivity index (χ3v) is 8.40. The Morgan fingerprint density at radius 3 is 2.41 bits per heavy atom. The van der Waals surface area contributed by atoms with E-state index in [2.05, 4.69) is 136 Å². The minimum absolute atomic E-state index is 0. The van der Waals surface area contributed by atoms with Crippen LogP contribution in [-0.4, -0.2) is 16.5 Å². The average molecular weight is 603 g/mol. The molecule has 0 spiro atoms. The van der Waals surface area contributed by atoms with Gasteiger partial charge < -0.3 is 14.4 Å². The molecule has 0 radical (unpaired) electrons. The molecule has 0 unspecified atom stereocenters. The Bertz CT molecular complexity index is 1680. The molecular weight excluding hydrogens is 571 g/mol. The Morgan fingerprint density at radius 2 is 1.62 bits per heavy atom. The number of hydrogen-bond donors (Lipinski definition) is 0. The van der Waals surface area contributed by atoms with Crippen LogP contribution in [0.25, 0.3) is 27.5 Å². The van der Waals surface area contributed by atoms with Crippen LogP contribution >= 0.6 is 0 Å². The van der Waals surface area contributed by atoms with E-state index in [0.29, 0.717) is 0 Å². The van der Waals surface area contributed by atoms with Crippen LogP contribution in [-0.2, 0) is 32.9 Å². The van der Waals surface area contributed by atoms with E-state index in [4.69, 9.17) is 0 Å². The third-order valence-electron chi connectivity index (χ3n) is 8.40. The molecule has 1 fully saturated rings. The second-order valence-corrected chi connectivity index (χ2v) is 10.7. The van der Waals surface area contributed by atoms with Crippen molar-refractivity contribution in [3.05, 3.63) is 121 Å². The fraction of sp³-hybridized carbons (Fsp3) is 0.235. The Morgan fingerprint density at radius 1 is 0.795 bits per heavy atom. The molecule has 0 N–H and O–H groups in total. The molecule has 0 atom stereocenters. The summed E-state index contributed by atoms with van der Waals surface area (Å²) < 4.78 is 4.66. The summed E-state index contributed by atoms with van der Waals surface area (Å²) in [6.07, 6.45) is 12.4. The number of aryl methyl sites for hydroxylation is 1. The van der Waals surface area contributed by atoms with E-state index in [-0.39, 0.29) is 25.8 Å². The van der Waals surface area contributed by atoms with Crippen LogP contribution in [0.4, 0.5) is 5.69 Å². The van der Waals surface area contributed by atoms with Gasteiger partial charge in [-0.05, 0) is 43.7 Å². The second-order valence-electron chi connectivity index (χ2n) is 10.7. The molecule has 0 amide bonds. The van der Waals surface area contributed by atoms with Crippen LogP contribution in [0.5, 0.6) is 0 Å². The number of pyridine rings is 1. The van der Waals surface area contributed by atoms with Crippen molar-refractivity contribution < 1.29 is 25.0 Å². The van der Waals surface area contributed by atoms with Gasteiger partial charge in [0, 0.05) is 38.1 Å². The zero-order valence-electron chi connectivity index (χ0n) is 22.4. The summed E-state index contributed by atoms with van der Waals surface area (Å²) in [7, 11) is 4.22. The van der Waals surface area contributed by atoms with Crippen molar-refractivity contribution >= 4 is 27.5 Å². The third kappa shape index (κ3) is 4.29. The predicted octanol–water partition coefficient (Wildman–Crippen LogP) is 6.80. The summed E-state index contributed by atoms with van der Waals surface area (Å²) in [4.78, 5) is 4.17. The first-order valence-electron chi connectivity index (χ1n) is 13.6. The number of aromatic nitrogens is 2. The molecule has 200 valence electrons. The van der Waals surface area contributed by atoms with Crippen molar-refractivity contribution in [3.63, 3.8) is 0 Å². The first-order valence-corrected chi connectivity index (χ1v) is 13.6. The van der Waals surface area contributed by atoms with Crippen LogP contribution in [0.15, 0.2) is 91.4 Å². The molecule has 5 heteroatoms. The summed E-state index contributed by atoms with van der Waals surface area (Å²) in [5.74, 6) is 0. The first-order chi connectivity index (χ1) is 18.6. The van der Waals surface area contributed by atoms with Crippen LogP contribution in [0.3, 0.4) is 0 Å². The van der Waals surface area contributed by atoms with Gasteiger partial charge in [0.25, 0.3) is 0 Å². The van der Waals surface area contributed by atoms with Gasteiger partial charge in [-0.1, -0.05) is 54.7 Å². The molecule has 1 saturated carbocycles. The zero-order chi connectivity index (χ0) is 25.7. The maximum Gasteiger partial charge on any atom is 0.189 e. The molecule has 1 aliphatic carbocycles. The molecule has 1 aliphatic heterocycles. The van der Waals surface area contributed by atoms with E-state index < -0.39 is 0 Å². The first kappa shape index (κ1) is 25.9. The topological polar surface area (TPSA) is 15.3 Å². The molecular formula is C34H32N4Pd-2. The molecule has 39 heavy (non-hydrogen) atoms. The maximum atomic E-state index is 3.95. The molecule has 4 nitrogen and oxygen atoms in total. The standard InChI is InChI=1S/C34H32N4.Pd/c1-35-21-22-37(25-35)27-16-17-30-29-13-4-5-14-31(29)38(32(30)24-27)28-12-10-11-26(23-28)34(18-7-3-8-19-34)33-15-6-9-20-36(33)2;/h4-6,9-17,20-22,25H,3,7-8,18-19H2,1-2H3;/q-2;. The molecule has 2 aromatic heterocycles. The number of nitrogens with zero attached hydrogens (tertiary/aromatic N) is 4. The maximum absolute atomic E-state index is 3.95. The van der Waals surface area contributed by atoms with E-state index in [0.717, 1.165) is 29.7 Å². The number of anilines is 1. The van der Waals surface area contributed by atoms with E-state index in [1.807, 2.05) is 7.05 Å². The van der Waals surface area contributed by atoms with Crippen molar-refractivity contribution in [2.75, 3.05) is 11.9 Å². The quantitative estimate of drug-likeness (QED) is 0.128. The van der Waals surface area contributed by atoms with E-state index in [9.17, 15) is 0 Å². The van der Waals surface area contributed by atoms with Gasteiger partial charge in [-0.3, -0.25) is 0 Å². The molecule has 2 aliphatic rings. The monoisotopic (exact) mass is 602 g/mol. The molecule has 0 saturated heterocycles. The van der Waals surface area contributed by atoms with Gasteiger partial charge in [-0.15, -0.1) is 34.8 Å². The van der Waals surface area contributed by atoms with Crippen molar-refractivity contribution in [1.82, 2.24) is 9.47 Å². The predicted molar refractivity (Wildman–Crippen MR) is 154 cm³/mol. The fourth-order valence-electron chi connectivity index (χ4n) is 6.58. The number of benzene rings is 3. The summed E-state index contributed by atoms with van der Waals surface area (Å²) in [6.45, 7) is 2.07. The van der Waals surface area contributed by atoms with E-state index >= 15 is 0 Å². The summed E-state index contributed by atoms with van der Waals surface area (Å²) in [5, 5.41) is 2.45.